The third kappa shape index (κ3) is 7.03. The third-order valence-electron chi connectivity index (χ3n) is 1.69. The predicted molar refractivity (Wildman–Crippen MR) is 54.5 cm³/mol. The highest BCUT2D eigenvalue weighted by molar-refractivity contribution is 6.31. The van der Waals surface area contributed by atoms with Gasteiger partial charge in [-0.15, -0.1) is 23.2 Å². The summed E-state index contributed by atoms with van der Waals surface area (Å²) in [4.78, 5) is 21.2. The normalized spacial score (nSPS) is 12.5. The summed E-state index contributed by atoms with van der Waals surface area (Å²) in [6.45, 7) is 0. The second-order valence-corrected chi connectivity index (χ2v) is 3.73. The minimum Gasteiger partial charge on any atom is -0.303 e. The molecule has 0 aliphatic rings. The monoisotopic (exact) mass is 224 g/mol. The molecule has 1 unspecified atom stereocenters. The number of hydrogen-bond donors (Lipinski definition) is 0. The van der Waals surface area contributed by atoms with E-state index in [0.717, 1.165) is 19.1 Å². The van der Waals surface area contributed by atoms with Gasteiger partial charge in [-0.25, -0.2) is 0 Å². The van der Waals surface area contributed by atoms with Crippen LogP contribution in [0.5, 0.6) is 0 Å². The lowest BCUT2D eigenvalue weighted by Gasteiger charge is -2.05. The zero-order chi connectivity index (χ0) is 10.1. The quantitative estimate of drug-likeness (QED) is 0.361. The van der Waals surface area contributed by atoms with Crippen molar-refractivity contribution in [1.82, 2.24) is 0 Å². The van der Waals surface area contributed by atoms with Crippen molar-refractivity contribution < 1.29 is 9.59 Å². The summed E-state index contributed by atoms with van der Waals surface area (Å²) in [6, 6.07) is 0. The van der Waals surface area contributed by atoms with Gasteiger partial charge < -0.3 is 4.79 Å². The van der Waals surface area contributed by atoms with E-state index in [1.165, 1.54) is 0 Å². The Bertz CT molecular complexity index is 160. The Labute approximate surface area is 88.6 Å². The molecule has 0 aromatic carbocycles. The Balaban J connectivity index is 3.50. The molecule has 13 heavy (non-hydrogen) atoms. The Morgan fingerprint density at radius 2 is 2.08 bits per heavy atom. The first-order valence-corrected chi connectivity index (χ1v) is 5.35. The number of Topliss-reactive ketones (excluding diaryl/α,β-unsaturated/α-hetero) is 1. The molecule has 1 atom stereocenters. The van der Waals surface area contributed by atoms with Crippen LogP contribution >= 0.6 is 23.2 Å². The maximum absolute atomic E-state index is 11.2. The van der Waals surface area contributed by atoms with Crippen LogP contribution in [-0.2, 0) is 9.59 Å². The summed E-state index contributed by atoms with van der Waals surface area (Å²) in [6.07, 6.45) is 3.68. The number of unbranched alkanes of at least 4 members (excludes halogenated alkanes) is 1. The second-order valence-electron chi connectivity index (χ2n) is 2.82. The van der Waals surface area contributed by atoms with Crippen LogP contribution in [0, 0.1) is 0 Å². The second kappa shape index (κ2) is 8.52. The van der Waals surface area contributed by atoms with Crippen LogP contribution in [0.15, 0.2) is 0 Å². The highest BCUT2D eigenvalue weighted by Gasteiger charge is 2.13. The molecular formula is C9H14Cl2O2. The first-order valence-electron chi connectivity index (χ1n) is 4.38. The van der Waals surface area contributed by atoms with E-state index in [4.69, 9.17) is 23.2 Å². The van der Waals surface area contributed by atoms with E-state index in [1.54, 1.807) is 0 Å². The van der Waals surface area contributed by atoms with Crippen molar-refractivity contribution in [2.24, 2.45) is 0 Å². The van der Waals surface area contributed by atoms with E-state index in [9.17, 15) is 9.59 Å². The van der Waals surface area contributed by atoms with Crippen LogP contribution in [-0.4, -0.2) is 23.3 Å². The summed E-state index contributed by atoms with van der Waals surface area (Å²) >= 11 is 11.2. The van der Waals surface area contributed by atoms with Gasteiger partial charge in [-0.3, -0.25) is 4.79 Å². The number of hydrogen-bond acceptors (Lipinski definition) is 2. The summed E-state index contributed by atoms with van der Waals surface area (Å²) in [5.74, 6) is 0.600. The first kappa shape index (κ1) is 12.9. The fraction of sp³-hybridized carbons (Fsp3) is 0.778. The molecule has 0 aliphatic carbocycles. The molecule has 0 bridgehead atoms. The Morgan fingerprint density at radius 3 is 2.62 bits per heavy atom. The van der Waals surface area contributed by atoms with Gasteiger partial charge in [0.1, 0.15) is 6.29 Å². The van der Waals surface area contributed by atoms with E-state index in [2.05, 4.69) is 0 Å². The molecule has 0 spiro atoms. The van der Waals surface area contributed by atoms with E-state index < -0.39 is 5.38 Å². The molecule has 0 saturated heterocycles. The van der Waals surface area contributed by atoms with E-state index in [0.29, 0.717) is 25.1 Å². The lowest BCUT2D eigenvalue weighted by atomic mass is 10.1. The Hall–Kier alpha value is -0.0800. The molecule has 76 valence electrons. The van der Waals surface area contributed by atoms with Gasteiger partial charge in [0, 0.05) is 18.7 Å². The molecule has 0 aromatic heterocycles. The lowest BCUT2D eigenvalue weighted by molar-refractivity contribution is -0.119. The highest BCUT2D eigenvalue weighted by atomic mass is 35.5. The lowest BCUT2D eigenvalue weighted by Crippen LogP contribution is -2.14. The van der Waals surface area contributed by atoms with Gasteiger partial charge in [0.15, 0.2) is 5.78 Å². The standard InChI is InChI=1S/C9H14Cl2O2/c10-6-2-1-5-9(13)8(11)4-3-7-12/h7-8H,1-6H2. The number of halogens is 2. The molecule has 2 nitrogen and oxygen atoms in total. The molecule has 0 amide bonds. The van der Waals surface area contributed by atoms with Crippen molar-refractivity contribution in [3.8, 4) is 0 Å². The van der Waals surface area contributed by atoms with Crippen LogP contribution < -0.4 is 0 Å². The highest BCUT2D eigenvalue weighted by Crippen LogP contribution is 2.10. The molecular weight excluding hydrogens is 211 g/mol. The van der Waals surface area contributed by atoms with Gasteiger partial charge in [-0.1, -0.05) is 0 Å². The molecule has 0 heterocycles. The third-order valence-corrected chi connectivity index (χ3v) is 2.42. The minimum absolute atomic E-state index is 0.0219. The molecule has 0 rings (SSSR count). The molecule has 4 heteroatoms. The Morgan fingerprint density at radius 1 is 1.38 bits per heavy atom. The number of carbonyl (C=O) groups excluding carboxylic acids is 2. The predicted octanol–water partition coefficient (Wildman–Crippen LogP) is 2.55. The van der Waals surface area contributed by atoms with Crippen LogP contribution in [0.2, 0.25) is 0 Å². The fourth-order valence-corrected chi connectivity index (χ4v) is 1.35. The fourth-order valence-electron chi connectivity index (χ4n) is 0.926. The van der Waals surface area contributed by atoms with Gasteiger partial charge >= 0.3 is 0 Å². The summed E-state index contributed by atoms with van der Waals surface area (Å²) in [7, 11) is 0. The number of alkyl halides is 2. The van der Waals surface area contributed by atoms with Crippen LogP contribution in [0.3, 0.4) is 0 Å². The number of ketones is 1. The largest absolute Gasteiger partial charge is 0.303 e. The molecule has 0 saturated carbocycles. The molecule has 0 fully saturated rings. The van der Waals surface area contributed by atoms with Crippen molar-refractivity contribution in [1.29, 1.82) is 0 Å². The van der Waals surface area contributed by atoms with E-state index >= 15 is 0 Å². The van der Waals surface area contributed by atoms with Gasteiger partial charge in [-0.05, 0) is 19.3 Å². The van der Waals surface area contributed by atoms with Crippen LogP contribution in [0.1, 0.15) is 32.1 Å². The first-order chi connectivity index (χ1) is 6.22. The molecule has 0 aromatic rings. The molecule has 0 aliphatic heterocycles. The van der Waals surface area contributed by atoms with Crippen molar-refractivity contribution >= 4 is 35.3 Å². The van der Waals surface area contributed by atoms with E-state index in [1.807, 2.05) is 0 Å². The number of carbonyl (C=O) groups is 2. The average Bonchev–Trinajstić information content (AvgIpc) is 2.14. The zero-order valence-corrected chi connectivity index (χ0v) is 8.98. The summed E-state index contributed by atoms with van der Waals surface area (Å²) in [5, 5.41) is -0.500. The maximum atomic E-state index is 11.2. The van der Waals surface area contributed by atoms with Gasteiger partial charge in [0.25, 0.3) is 0 Å². The summed E-state index contributed by atoms with van der Waals surface area (Å²) in [5.41, 5.74) is 0. The Kier molecular flexibility index (Phi) is 8.46. The smallest absolute Gasteiger partial charge is 0.150 e. The van der Waals surface area contributed by atoms with Gasteiger partial charge in [0.2, 0.25) is 0 Å². The zero-order valence-electron chi connectivity index (χ0n) is 7.47. The maximum Gasteiger partial charge on any atom is 0.150 e. The van der Waals surface area contributed by atoms with Gasteiger partial charge in [-0.2, -0.15) is 0 Å². The average molecular weight is 225 g/mol. The van der Waals surface area contributed by atoms with Gasteiger partial charge in [0.05, 0.1) is 5.38 Å². The van der Waals surface area contributed by atoms with Crippen molar-refractivity contribution in [3.63, 3.8) is 0 Å². The summed E-state index contributed by atoms with van der Waals surface area (Å²) < 4.78 is 0. The number of rotatable bonds is 8. The topological polar surface area (TPSA) is 34.1 Å². The SMILES string of the molecule is O=CCCC(Cl)C(=O)CCCCCl. The van der Waals surface area contributed by atoms with E-state index in [-0.39, 0.29) is 5.78 Å². The van der Waals surface area contributed by atoms with Crippen LogP contribution in [0.4, 0.5) is 0 Å². The van der Waals surface area contributed by atoms with Crippen LogP contribution in [0.25, 0.3) is 0 Å². The molecule has 0 N–H and O–H groups in total. The van der Waals surface area contributed by atoms with Crippen molar-refractivity contribution in [3.05, 3.63) is 0 Å². The minimum atomic E-state index is -0.500. The number of aldehydes is 1. The molecule has 0 radical (unpaired) electrons. The van der Waals surface area contributed by atoms with Crippen molar-refractivity contribution in [2.45, 2.75) is 37.5 Å². The van der Waals surface area contributed by atoms with Crippen molar-refractivity contribution in [2.75, 3.05) is 5.88 Å².